The van der Waals surface area contributed by atoms with Crippen LogP contribution in [0, 0.1) is 5.82 Å². The van der Waals surface area contributed by atoms with Crippen LogP contribution in [0.25, 0.3) is 0 Å². The fourth-order valence-corrected chi connectivity index (χ4v) is 3.44. The first-order chi connectivity index (χ1) is 7.43. The first-order valence-electron chi connectivity index (χ1n) is 4.88. The van der Waals surface area contributed by atoms with Crippen molar-refractivity contribution in [1.82, 2.24) is 4.31 Å². The van der Waals surface area contributed by atoms with E-state index < -0.39 is 15.8 Å². The SMILES string of the molecule is CCN(CC)S(=O)(=O)c1cc(Br)ccc1F. The van der Waals surface area contributed by atoms with Crippen LogP contribution in [0.4, 0.5) is 4.39 Å². The maximum Gasteiger partial charge on any atom is 0.246 e. The Bertz CT molecular complexity index is 472. The van der Waals surface area contributed by atoms with Gasteiger partial charge in [0.1, 0.15) is 10.7 Å². The van der Waals surface area contributed by atoms with Crippen LogP contribution in [0.3, 0.4) is 0 Å². The molecule has 0 saturated heterocycles. The maximum atomic E-state index is 13.5. The van der Waals surface area contributed by atoms with E-state index in [9.17, 15) is 12.8 Å². The molecule has 0 aliphatic carbocycles. The molecule has 0 bridgehead atoms. The minimum absolute atomic E-state index is 0.287. The molecule has 1 aromatic carbocycles. The highest BCUT2D eigenvalue weighted by atomic mass is 79.9. The van der Waals surface area contributed by atoms with Crippen LogP contribution in [0.1, 0.15) is 13.8 Å². The van der Waals surface area contributed by atoms with Crippen molar-refractivity contribution in [2.75, 3.05) is 13.1 Å². The Hall–Kier alpha value is -0.460. The van der Waals surface area contributed by atoms with Gasteiger partial charge in [0.25, 0.3) is 0 Å². The second-order valence-corrected chi connectivity index (χ2v) is 5.99. The molecule has 90 valence electrons. The monoisotopic (exact) mass is 309 g/mol. The van der Waals surface area contributed by atoms with Gasteiger partial charge in [-0.1, -0.05) is 29.8 Å². The topological polar surface area (TPSA) is 37.4 Å². The van der Waals surface area contributed by atoms with E-state index in [1.54, 1.807) is 13.8 Å². The molecule has 0 fully saturated rings. The smallest absolute Gasteiger partial charge is 0.207 e. The predicted octanol–water partition coefficient (Wildman–Crippen LogP) is 2.62. The van der Waals surface area contributed by atoms with Gasteiger partial charge >= 0.3 is 0 Å². The molecule has 1 rings (SSSR count). The number of rotatable bonds is 4. The number of hydrogen-bond acceptors (Lipinski definition) is 2. The zero-order valence-electron chi connectivity index (χ0n) is 9.07. The van der Waals surface area contributed by atoms with Crippen LogP contribution in [-0.2, 0) is 10.0 Å². The third kappa shape index (κ3) is 2.61. The highest BCUT2D eigenvalue weighted by molar-refractivity contribution is 9.10. The molecular formula is C10H13BrFNO2S. The Morgan fingerprint density at radius 2 is 1.88 bits per heavy atom. The van der Waals surface area contributed by atoms with E-state index in [0.29, 0.717) is 17.6 Å². The van der Waals surface area contributed by atoms with Gasteiger partial charge in [-0.2, -0.15) is 4.31 Å². The Kier molecular flexibility index (Phi) is 4.46. The molecule has 0 spiro atoms. The summed E-state index contributed by atoms with van der Waals surface area (Å²) in [7, 11) is -3.73. The molecule has 0 heterocycles. The highest BCUT2D eigenvalue weighted by Crippen LogP contribution is 2.23. The molecule has 0 aliphatic rings. The minimum Gasteiger partial charge on any atom is -0.207 e. The third-order valence-electron chi connectivity index (χ3n) is 2.22. The fraction of sp³-hybridized carbons (Fsp3) is 0.400. The van der Waals surface area contributed by atoms with Crippen molar-refractivity contribution in [2.24, 2.45) is 0 Å². The van der Waals surface area contributed by atoms with Gasteiger partial charge in [0.05, 0.1) is 0 Å². The fourth-order valence-electron chi connectivity index (χ4n) is 1.38. The van der Waals surface area contributed by atoms with E-state index in [1.165, 1.54) is 16.4 Å². The highest BCUT2D eigenvalue weighted by Gasteiger charge is 2.25. The van der Waals surface area contributed by atoms with Gasteiger partial charge in [0.2, 0.25) is 10.0 Å². The molecule has 0 aromatic heterocycles. The standard InChI is InChI=1S/C10H13BrFNO2S/c1-3-13(4-2)16(14,15)10-7-8(11)5-6-9(10)12/h5-7H,3-4H2,1-2H3. The van der Waals surface area contributed by atoms with Crippen LogP contribution in [0.15, 0.2) is 27.6 Å². The van der Waals surface area contributed by atoms with Gasteiger partial charge in [-0.15, -0.1) is 0 Å². The summed E-state index contributed by atoms with van der Waals surface area (Å²) < 4.78 is 39.3. The molecule has 1 aromatic rings. The molecule has 0 amide bonds. The van der Waals surface area contributed by atoms with Crippen LogP contribution in [-0.4, -0.2) is 25.8 Å². The van der Waals surface area contributed by atoms with Crippen LogP contribution in [0.2, 0.25) is 0 Å². The summed E-state index contributed by atoms with van der Waals surface area (Å²) in [6.07, 6.45) is 0. The van der Waals surface area contributed by atoms with Gasteiger partial charge in [-0.05, 0) is 18.2 Å². The van der Waals surface area contributed by atoms with Crippen molar-refractivity contribution < 1.29 is 12.8 Å². The number of hydrogen-bond donors (Lipinski definition) is 0. The van der Waals surface area contributed by atoms with Gasteiger partial charge in [0.15, 0.2) is 0 Å². The molecular weight excluding hydrogens is 297 g/mol. The summed E-state index contributed by atoms with van der Waals surface area (Å²) >= 11 is 3.13. The average Bonchev–Trinajstić information content (AvgIpc) is 2.23. The Labute approximate surface area is 103 Å². The summed E-state index contributed by atoms with van der Waals surface area (Å²) in [6.45, 7) is 4.09. The average molecular weight is 310 g/mol. The van der Waals surface area contributed by atoms with Crippen LogP contribution >= 0.6 is 15.9 Å². The van der Waals surface area contributed by atoms with Crippen molar-refractivity contribution in [3.05, 3.63) is 28.5 Å². The summed E-state index contributed by atoms with van der Waals surface area (Å²) in [6, 6.07) is 3.89. The molecule has 6 heteroatoms. The van der Waals surface area contributed by atoms with E-state index in [-0.39, 0.29) is 4.90 Å². The summed E-state index contributed by atoms with van der Waals surface area (Å²) in [5, 5.41) is 0. The second kappa shape index (κ2) is 5.25. The summed E-state index contributed by atoms with van der Waals surface area (Å²) in [4.78, 5) is -0.287. The quantitative estimate of drug-likeness (QED) is 0.857. The van der Waals surface area contributed by atoms with Crippen LogP contribution in [0.5, 0.6) is 0 Å². The lowest BCUT2D eigenvalue weighted by Gasteiger charge is -2.18. The zero-order chi connectivity index (χ0) is 12.3. The van der Waals surface area contributed by atoms with E-state index in [1.807, 2.05) is 0 Å². The largest absolute Gasteiger partial charge is 0.246 e. The zero-order valence-corrected chi connectivity index (χ0v) is 11.5. The van der Waals surface area contributed by atoms with E-state index in [0.717, 1.165) is 6.07 Å². The third-order valence-corrected chi connectivity index (χ3v) is 4.77. The van der Waals surface area contributed by atoms with Crippen molar-refractivity contribution in [3.63, 3.8) is 0 Å². The first kappa shape index (κ1) is 13.6. The first-order valence-corrected chi connectivity index (χ1v) is 7.12. The summed E-state index contributed by atoms with van der Waals surface area (Å²) in [5.74, 6) is -0.727. The minimum atomic E-state index is -3.73. The van der Waals surface area contributed by atoms with Gasteiger partial charge in [-0.3, -0.25) is 0 Å². The Morgan fingerprint density at radius 1 is 1.31 bits per heavy atom. The maximum absolute atomic E-state index is 13.5. The molecule has 0 atom stereocenters. The molecule has 0 radical (unpaired) electrons. The lowest BCUT2D eigenvalue weighted by atomic mass is 10.3. The summed E-state index contributed by atoms with van der Waals surface area (Å²) in [5.41, 5.74) is 0. The number of sulfonamides is 1. The lowest BCUT2D eigenvalue weighted by molar-refractivity contribution is 0.440. The van der Waals surface area contributed by atoms with Gasteiger partial charge in [0, 0.05) is 17.6 Å². The van der Waals surface area contributed by atoms with Gasteiger partial charge < -0.3 is 0 Å². The molecule has 0 unspecified atom stereocenters. The van der Waals surface area contributed by atoms with Crippen LogP contribution < -0.4 is 0 Å². The van der Waals surface area contributed by atoms with Crippen molar-refractivity contribution in [1.29, 1.82) is 0 Å². The van der Waals surface area contributed by atoms with E-state index in [2.05, 4.69) is 15.9 Å². The van der Waals surface area contributed by atoms with Crippen molar-refractivity contribution >= 4 is 26.0 Å². The Morgan fingerprint density at radius 3 is 2.38 bits per heavy atom. The number of nitrogens with zero attached hydrogens (tertiary/aromatic N) is 1. The number of benzene rings is 1. The molecule has 16 heavy (non-hydrogen) atoms. The van der Waals surface area contributed by atoms with Gasteiger partial charge in [-0.25, -0.2) is 12.8 Å². The van der Waals surface area contributed by atoms with Crippen molar-refractivity contribution in [2.45, 2.75) is 18.7 Å². The predicted molar refractivity (Wildman–Crippen MR) is 64.2 cm³/mol. The van der Waals surface area contributed by atoms with Crippen molar-refractivity contribution in [3.8, 4) is 0 Å². The Balaban J connectivity index is 3.31. The van der Waals surface area contributed by atoms with E-state index in [4.69, 9.17) is 0 Å². The molecule has 0 N–H and O–H groups in total. The molecule has 0 aliphatic heterocycles. The molecule has 0 saturated carbocycles. The lowest BCUT2D eigenvalue weighted by Crippen LogP contribution is -2.31. The molecule has 3 nitrogen and oxygen atoms in total. The normalized spacial score (nSPS) is 12.1. The van der Waals surface area contributed by atoms with E-state index >= 15 is 0 Å². The second-order valence-electron chi connectivity index (χ2n) is 3.16. The number of halogens is 2.